The summed E-state index contributed by atoms with van der Waals surface area (Å²) in [5.41, 5.74) is 0.900. The van der Waals surface area contributed by atoms with Crippen LogP contribution in [-0.4, -0.2) is 12.5 Å². The molecule has 0 saturated heterocycles. The minimum Gasteiger partial charge on any atom is -0.374 e. The van der Waals surface area contributed by atoms with Gasteiger partial charge in [0.2, 0.25) is 5.91 Å². The van der Waals surface area contributed by atoms with Crippen molar-refractivity contribution < 1.29 is 9.18 Å². The summed E-state index contributed by atoms with van der Waals surface area (Å²) in [5, 5.41) is 5.93. The molecular formula is C14H12ClFN2O. The average molecular weight is 279 g/mol. The number of nitrogens with one attached hydrogen (secondary N) is 2. The fourth-order valence-corrected chi connectivity index (χ4v) is 1.74. The Balaban J connectivity index is 1.90. The first kappa shape index (κ1) is 13.4. The van der Waals surface area contributed by atoms with Crippen LogP contribution in [0, 0.1) is 5.82 Å². The summed E-state index contributed by atoms with van der Waals surface area (Å²) in [6.07, 6.45) is 0. The minimum absolute atomic E-state index is 0.0204. The van der Waals surface area contributed by atoms with Crippen molar-refractivity contribution in [2.24, 2.45) is 0 Å². The highest BCUT2D eigenvalue weighted by Gasteiger charge is 2.05. The molecule has 3 nitrogen and oxygen atoms in total. The SMILES string of the molecule is O=C(CNc1ccccc1F)Nc1cccc(Cl)c1. The zero-order valence-electron chi connectivity index (χ0n) is 9.99. The van der Waals surface area contributed by atoms with Gasteiger partial charge in [-0.1, -0.05) is 29.8 Å². The van der Waals surface area contributed by atoms with Crippen LogP contribution < -0.4 is 10.6 Å². The molecule has 0 aliphatic heterocycles. The van der Waals surface area contributed by atoms with Gasteiger partial charge in [-0.3, -0.25) is 4.79 Å². The summed E-state index contributed by atoms with van der Waals surface area (Å²) in [4.78, 5) is 11.7. The molecule has 0 saturated carbocycles. The minimum atomic E-state index is -0.391. The Bertz CT molecular complexity index is 589. The van der Waals surface area contributed by atoms with Gasteiger partial charge in [-0.2, -0.15) is 0 Å². The number of carbonyl (C=O) groups excluding carboxylic acids is 1. The van der Waals surface area contributed by atoms with Crippen molar-refractivity contribution in [1.82, 2.24) is 0 Å². The Morgan fingerprint density at radius 1 is 1.16 bits per heavy atom. The van der Waals surface area contributed by atoms with Crippen molar-refractivity contribution >= 4 is 28.9 Å². The van der Waals surface area contributed by atoms with Crippen LogP contribution >= 0.6 is 11.6 Å². The quantitative estimate of drug-likeness (QED) is 0.898. The summed E-state index contributed by atoms with van der Waals surface area (Å²) in [5.74, 6) is -0.663. The first-order valence-electron chi connectivity index (χ1n) is 5.69. The average Bonchev–Trinajstić information content (AvgIpc) is 2.38. The molecule has 0 unspecified atom stereocenters. The Kier molecular flexibility index (Phi) is 4.36. The zero-order valence-corrected chi connectivity index (χ0v) is 10.7. The van der Waals surface area contributed by atoms with Gasteiger partial charge < -0.3 is 10.6 Å². The van der Waals surface area contributed by atoms with E-state index in [-0.39, 0.29) is 12.5 Å². The molecule has 0 fully saturated rings. The molecule has 1 amide bonds. The van der Waals surface area contributed by atoms with Crippen molar-refractivity contribution in [3.05, 3.63) is 59.4 Å². The highest BCUT2D eigenvalue weighted by Crippen LogP contribution is 2.15. The van der Waals surface area contributed by atoms with Crippen LogP contribution in [0.25, 0.3) is 0 Å². The summed E-state index contributed by atoms with van der Waals surface area (Å²) < 4.78 is 13.3. The van der Waals surface area contributed by atoms with E-state index >= 15 is 0 Å². The van der Waals surface area contributed by atoms with Crippen LogP contribution in [0.15, 0.2) is 48.5 Å². The predicted octanol–water partition coefficient (Wildman–Crippen LogP) is 3.53. The van der Waals surface area contributed by atoms with E-state index in [9.17, 15) is 9.18 Å². The standard InChI is InChI=1S/C14H12ClFN2O/c15-10-4-3-5-11(8-10)18-14(19)9-17-13-7-2-1-6-12(13)16/h1-8,17H,9H2,(H,18,19). The largest absolute Gasteiger partial charge is 0.374 e. The molecule has 2 aromatic rings. The first-order valence-corrected chi connectivity index (χ1v) is 6.07. The molecule has 19 heavy (non-hydrogen) atoms. The second-order valence-electron chi connectivity index (χ2n) is 3.89. The molecule has 0 aliphatic rings. The van der Waals surface area contributed by atoms with Gasteiger partial charge >= 0.3 is 0 Å². The first-order chi connectivity index (χ1) is 9.15. The van der Waals surface area contributed by atoms with Gasteiger partial charge in [-0.05, 0) is 30.3 Å². The Morgan fingerprint density at radius 2 is 1.95 bits per heavy atom. The molecule has 0 aromatic heterocycles. The third-order valence-electron chi connectivity index (χ3n) is 2.42. The zero-order chi connectivity index (χ0) is 13.7. The van der Waals surface area contributed by atoms with Crippen LogP contribution in [0.5, 0.6) is 0 Å². The maximum Gasteiger partial charge on any atom is 0.243 e. The number of amides is 1. The summed E-state index contributed by atoms with van der Waals surface area (Å²) in [6, 6.07) is 13.0. The lowest BCUT2D eigenvalue weighted by Crippen LogP contribution is -2.22. The van der Waals surface area contributed by atoms with E-state index in [0.717, 1.165) is 0 Å². The Morgan fingerprint density at radius 3 is 2.68 bits per heavy atom. The Labute approximate surface area is 115 Å². The summed E-state index contributed by atoms with van der Waals surface area (Å²) in [7, 11) is 0. The van der Waals surface area contributed by atoms with Gasteiger partial charge in [-0.15, -0.1) is 0 Å². The van der Waals surface area contributed by atoms with Crippen molar-refractivity contribution in [2.45, 2.75) is 0 Å². The molecule has 0 spiro atoms. The van der Waals surface area contributed by atoms with Crippen molar-refractivity contribution in [1.29, 1.82) is 0 Å². The van der Waals surface area contributed by atoms with E-state index < -0.39 is 5.82 Å². The molecule has 2 aromatic carbocycles. The number of halogens is 2. The fourth-order valence-electron chi connectivity index (χ4n) is 1.55. The van der Waals surface area contributed by atoms with Crippen LogP contribution in [0.3, 0.4) is 0 Å². The molecule has 0 aliphatic carbocycles. The van der Waals surface area contributed by atoms with E-state index in [1.54, 1.807) is 42.5 Å². The van der Waals surface area contributed by atoms with E-state index in [2.05, 4.69) is 10.6 Å². The number of carbonyl (C=O) groups is 1. The molecule has 0 atom stereocenters. The summed E-state index contributed by atoms with van der Waals surface area (Å²) >= 11 is 5.81. The fraction of sp³-hybridized carbons (Fsp3) is 0.0714. The molecule has 0 radical (unpaired) electrons. The van der Waals surface area contributed by atoms with Crippen molar-refractivity contribution in [3.63, 3.8) is 0 Å². The number of para-hydroxylation sites is 1. The molecule has 5 heteroatoms. The van der Waals surface area contributed by atoms with E-state index in [0.29, 0.717) is 16.4 Å². The number of hydrogen-bond acceptors (Lipinski definition) is 2. The van der Waals surface area contributed by atoms with Gasteiger partial charge in [0, 0.05) is 10.7 Å². The predicted molar refractivity (Wildman–Crippen MR) is 75.0 cm³/mol. The highest BCUT2D eigenvalue weighted by atomic mass is 35.5. The maximum atomic E-state index is 13.3. The van der Waals surface area contributed by atoms with Gasteiger partial charge in [0.05, 0.1) is 12.2 Å². The molecule has 0 bridgehead atoms. The van der Waals surface area contributed by atoms with Gasteiger partial charge in [0.1, 0.15) is 5.82 Å². The normalized spacial score (nSPS) is 10.0. The highest BCUT2D eigenvalue weighted by molar-refractivity contribution is 6.30. The third kappa shape index (κ3) is 3.96. The molecule has 2 N–H and O–H groups in total. The van der Waals surface area contributed by atoms with Crippen LogP contribution in [-0.2, 0) is 4.79 Å². The van der Waals surface area contributed by atoms with Crippen molar-refractivity contribution in [2.75, 3.05) is 17.2 Å². The second-order valence-corrected chi connectivity index (χ2v) is 4.33. The lowest BCUT2D eigenvalue weighted by molar-refractivity contribution is -0.114. The van der Waals surface area contributed by atoms with Crippen LogP contribution in [0.1, 0.15) is 0 Å². The lowest BCUT2D eigenvalue weighted by Gasteiger charge is -2.08. The van der Waals surface area contributed by atoms with Gasteiger partial charge in [0.25, 0.3) is 0 Å². The van der Waals surface area contributed by atoms with Gasteiger partial charge in [0.15, 0.2) is 0 Å². The molecule has 98 valence electrons. The second kappa shape index (κ2) is 6.20. The lowest BCUT2D eigenvalue weighted by atomic mass is 10.3. The molecular weight excluding hydrogens is 267 g/mol. The van der Waals surface area contributed by atoms with Gasteiger partial charge in [-0.25, -0.2) is 4.39 Å². The smallest absolute Gasteiger partial charge is 0.243 e. The monoisotopic (exact) mass is 278 g/mol. The number of anilines is 2. The van der Waals surface area contributed by atoms with E-state index in [1.165, 1.54) is 6.07 Å². The Hall–Kier alpha value is -2.07. The topological polar surface area (TPSA) is 41.1 Å². The molecule has 2 rings (SSSR count). The molecule has 0 heterocycles. The van der Waals surface area contributed by atoms with Crippen molar-refractivity contribution in [3.8, 4) is 0 Å². The third-order valence-corrected chi connectivity index (χ3v) is 2.66. The summed E-state index contributed by atoms with van der Waals surface area (Å²) in [6.45, 7) is -0.0204. The van der Waals surface area contributed by atoms with E-state index in [1.807, 2.05) is 0 Å². The number of hydrogen-bond donors (Lipinski definition) is 2. The number of benzene rings is 2. The maximum absolute atomic E-state index is 13.3. The van der Waals surface area contributed by atoms with Crippen LogP contribution in [0.2, 0.25) is 5.02 Å². The van der Waals surface area contributed by atoms with E-state index in [4.69, 9.17) is 11.6 Å². The van der Waals surface area contributed by atoms with Crippen LogP contribution in [0.4, 0.5) is 15.8 Å². The number of rotatable bonds is 4.